The molecular formula is C14H15NO2. The van der Waals surface area contributed by atoms with Crippen molar-refractivity contribution in [2.45, 2.75) is 12.8 Å². The molecule has 1 saturated carbocycles. The molecule has 1 aromatic carbocycles. The summed E-state index contributed by atoms with van der Waals surface area (Å²) in [4.78, 5) is 13.8. The molecule has 1 aliphatic carbocycles. The van der Waals surface area contributed by atoms with E-state index in [0.29, 0.717) is 18.3 Å². The van der Waals surface area contributed by atoms with E-state index in [1.807, 2.05) is 30.5 Å². The van der Waals surface area contributed by atoms with Gasteiger partial charge in [-0.1, -0.05) is 6.08 Å². The van der Waals surface area contributed by atoms with Crippen molar-refractivity contribution in [3.8, 4) is 5.75 Å². The molecule has 1 heterocycles. The lowest BCUT2D eigenvalue weighted by atomic mass is 10.2. The smallest absolute Gasteiger partial charge is 0.231 e. The molecule has 1 aromatic rings. The molecule has 0 saturated heterocycles. The summed E-state index contributed by atoms with van der Waals surface area (Å²) in [5.74, 6) is 2.21. The highest BCUT2D eigenvalue weighted by atomic mass is 16.5. The first-order valence-corrected chi connectivity index (χ1v) is 5.92. The van der Waals surface area contributed by atoms with Gasteiger partial charge in [0.1, 0.15) is 5.75 Å². The number of allylic oxidation sites excluding steroid dienone is 1. The summed E-state index contributed by atoms with van der Waals surface area (Å²) in [6.45, 7) is 0. The molecule has 0 spiro atoms. The van der Waals surface area contributed by atoms with Gasteiger partial charge < -0.3 is 4.74 Å². The number of nitrogens with zero attached hydrogens (tertiary/aromatic N) is 1. The van der Waals surface area contributed by atoms with Gasteiger partial charge in [-0.15, -0.1) is 0 Å². The van der Waals surface area contributed by atoms with E-state index in [0.717, 1.165) is 11.4 Å². The summed E-state index contributed by atoms with van der Waals surface area (Å²) >= 11 is 0. The van der Waals surface area contributed by atoms with Crippen LogP contribution in [0.2, 0.25) is 0 Å². The van der Waals surface area contributed by atoms with Crippen LogP contribution in [0.25, 0.3) is 0 Å². The summed E-state index contributed by atoms with van der Waals surface area (Å²) in [6, 6.07) is 7.58. The Labute approximate surface area is 101 Å². The third-order valence-electron chi connectivity index (χ3n) is 3.52. The molecule has 1 fully saturated rings. The number of amides is 1. The van der Waals surface area contributed by atoms with Crippen LogP contribution in [-0.2, 0) is 4.79 Å². The van der Waals surface area contributed by atoms with Crippen molar-refractivity contribution in [1.29, 1.82) is 0 Å². The zero-order valence-corrected chi connectivity index (χ0v) is 9.80. The van der Waals surface area contributed by atoms with Crippen LogP contribution in [-0.4, -0.2) is 13.0 Å². The molecule has 0 radical (unpaired) electrons. The highest BCUT2D eigenvalue weighted by Gasteiger charge is 2.39. The van der Waals surface area contributed by atoms with E-state index in [9.17, 15) is 4.79 Å². The molecule has 17 heavy (non-hydrogen) atoms. The standard InChI is InChI=1S/C14H15NO2/c1-17-13-4-2-12(3-5-13)15-7-6-10-8-11(10)9-14(15)16/h2-7,10-11H,8-9H2,1H3/t10-,11-/m1/s1. The fraction of sp³-hybridized carbons (Fsp3) is 0.357. The van der Waals surface area contributed by atoms with Crippen LogP contribution in [0.5, 0.6) is 5.75 Å². The molecule has 2 aliphatic rings. The Morgan fingerprint density at radius 2 is 2.06 bits per heavy atom. The molecular weight excluding hydrogens is 214 g/mol. The van der Waals surface area contributed by atoms with Crippen molar-refractivity contribution in [3.63, 3.8) is 0 Å². The molecule has 1 amide bonds. The summed E-state index contributed by atoms with van der Waals surface area (Å²) in [5, 5.41) is 0. The first-order chi connectivity index (χ1) is 8.28. The monoisotopic (exact) mass is 229 g/mol. The number of carbonyl (C=O) groups is 1. The summed E-state index contributed by atoms with van der Waals surface area (Å²) in [5.41, 5.74) is 0.911. The Hall–Kier alpha value is -1.77. The van der Waals surface area contributed by atoms with E-state index in [-0.39, 0.29) is 5.91 Å². The van der Waals surface area contributed by atoms with Crippen molar-refractivity contribution >= 4 is 11.6 Å². The van der Waals surface area contributed by atoms with Gasteiger partial charge >= 0.3 is 0 Å². The number of rotatable bonds is 2. The Balaban J connectivity index is 1.86. The van der Waals surface area contributed by atoms with Crippen LogP contribution in [0, 0.1) is 11.8 Å². The van der Waals surface area contributed by atoms with Crippen LogP contribution < -0.4 is 9.64 Å². The predicted octanol–water partition coefficient (Wildman–Crippen LogP) is 2.58. The van der Waals surface area contributed by atoms with Crippen molar-refractivity contribution in [3.05, 3.63) is 36.5 Å². The highest BCUT2D eigenvalue weighted by molar-refractivity contribution is 5.96. The van der Waals surface area contributed by atoms with E-state index in [4.69, 9.17) is 4.74 Å². The second-order valence-corrected chi connectivity index (χ2v) is 4.67. The number of methoxy groups -OCH3 is 1. The SMILES string of the molecule is COc1ccc(N2C=C[C@@H]3C[C@@H]3CC2=O)cc1. The van der Waals surface area contributed by atoms with Crippen molar-refractivity contribution in [2.75, 3.05) is 12.0 Å². The third-order valence-corrected chi connectivity index (χ3v) is 3.52. The Morgan fingerprint density at radius 3 is 2.76 bits per heavy atom. The maximum absolute atomic E-state index is 12.0. The fourth-order valence-electron chi connectivity index (χ4n) is 2.32. The summed E-state index contributed by atoms with van der Waals surface area (Å²) in [7, 11) is 1.64. The van der Waals surface area contributed by atoms with Crippen LogP contribution in [0.15, 0.2) is 36.5 Å². The minimum atomic E-state index is 0.191. The first kappa shape index (κ1) is 10.4. The Kier molecular flexibility index (Phi) is 2.39. The molecule has 2 atom stereocenters. The number of ether oxygens (including phenoxy) is 1. The average molecular weight is 229 g/mol. The van der Waals surface area contributed by atoms with E-state index < -0.39 is 0 Å². The number of benzene rings is 1. The molecule has 0 unspecified atom stereocenters. The quantitative estimate of drug-likeness (QED) is 0.780. The Morgan fingerprint density at radius 1 is 1.29 bits per heavy atom. The minimum Gasteiger partial charge on any atom is -0.497 e. The minimum absolute atomic E-state index is 0.191. The molecule has 1 aliphatic heterocycles. The van der Waals surface area contributed by atoms with Gasteiger partial charge in [0.05, 0.1) is 7.11 Å². The third kappa shape index (κ3) is 1.93. The number of hydrogen-bond acceptors (Lipinski definition) is 2. The highest BCUT2D eigenvalue weighted by Crippen LogP contribution is 2.44. The van der Waals surface area contributed by atoms with E-state index >= 15 is 0 Å². The summed E-state index contributed by atoms with van der Waals surface area (Å²) < 4.78 is 5.11. The van der Waals surface area contributed by atoms with Crippen molar-refractivity contribution in [2.24, 2.45) is 11.8 Å². The maximum atomic E-state index is 12.0. The lowest BCUT2D eigenvalue weighted by Gasteiger charge is -2.17. The van der Waals surface area contributed by atoms with E-state index in [1.54, 1.807) is 12.0 Å². The van der Waals surface area contributed by atoms with Gasteiger partial charge in [0, 0.05) is 18.3 Å². The van der Waals surface area contributed by atoms with Crippen molar-refractivity contribution < 1.29 is 9.53 Å². The number of hydrogen-bond donors (Lipinski definition) is 0. The van der Waals surface area contributed by atoms with E-state index in [1.165, 1.54) is 6.42 Å². The molecule has 0 bridgehead atoms. The molecule has 0 N–H and O–H groups in total. The molecule has 88 valence electrons. The van der Waals surface area contributed by atoms with Crippen LogP contribution in [0.4, 0.5) is 5.69 Å². The van der Waals surface area contributed by atoms with Gasteiger partial charge in [0.2, 0.25) is 5.91 Å². The maximum Gasteiger partial charge on any atom is 0.231 e. The number of carbonyl (C=O) groups excluding carboxylic acids is 1. The molecule has 3 heteroatoms. The van der Waals surface area contributed by atoms with Gasteiger partial charge in [-0.3, -0.25) is 9.69 Å². The lowest BCUT2D eigenvalue weighted by molar-refractivity contribution is -0.118. The normalized spacial score (nSPS) is 26.4. The molecule has 3 rings (SSSR count). The van der Waals surface area contributed by atoms with Gasteiger partial charge in [-0.2, -0.15) is 0 Å². The summed E-state index contributed by atoms with van der Waals surface area (Å²) in [6.07, 6.45) is 5.92. The first-order valence-electron chi connectivity index (χ1n) is 5.92. The largest absolute Gasteiger partial charge is 0.497 e. The van der Waals surface area contributed by atoms with Gasteiger partial charge in [0.15, 0.2) is 0 Å². The van der Waals surface area contributed by atoms with Gasteiger partial charge in [-0.25, -0.2) is 0 Å². The second-order valence-electron chi connectivity index (χ2n) is 4.67. The average Bonchev–Trinajstić information content (AvgIpc) is 3.08. The van der Waals surface area contributed by atoms with Gasteiger partial charge in [-0.05, 0) is 42.5 Å². The van der Waals surface area contributed by atoms with Crippen LogP contribution in [0.3, 0.4) is 0 Å². The number of fused-ring (bicyclic) bond motifs is 1. The van der Waals surface area contributed by atoms with E-state index in [2.05, 4.69) is 6.08 Å². The molecule has 3 nitrogen and oxygen atoms in total. The lowest BCUT2D eigenvalue weighted by Crippen LogP contribution is -2.24. The van der Waals surface area contributed by atoms with Crippen molar-refractivity contribution in [1.82, 2.24) is 0 Å². The van der Waals surface area contributed by atoms with Crippen LogP contribution in [0.1, 0.15) is 12.8 Å². The van der Waals surface area contributed by atoms with Crippen LogP contribution >= 0.6 is 0 Å². The topological polar surface area (TPSA) is 29.5 Å². The van der Waals surface area contributed by atoms with Gasteiger partial charge in [0.25, 0.3) is 0 Å². The second kappa shape index (κ2) is 3.91. The Bertz CT molecular complexity index is 464. The molecule has 0 aromatic heterocycles. The fourth-order valence-corrected chi connectivity index (χ4v) is 2.32. The zero-order chi connectivity index (χ0) is 11.8. The predicted molar refractivity (Wildman–Crippen MR) is 65.8 cm³/mol. The number of anilines is 1. The zero-order valence-electron chi connectivity index (χ0n) is 9.80.